The average Bonchev–Trinajstić information content (AvgIpc) is 3.19. The Labute approximate surface area is 203 Å². The number of hydrogen-bond acceptors (Lipinski definition) is 6. The normalized spacial score (nSPS) is 14.5. The number of carbonyl (C=O) groups excluding carboxylic acids is 2. The number of benzene rings is 1. The summed E-state index contributed by atoms with van der Waals surface area (Å²) in [5.74, 6) is -0.171. The number of fused-ring (bicyclic) bond motifs is 1. The molecular formula is C25H31N5O3S. The van der Waals surface area contributed by atoms with E-state index in [9.17, 15) is 14.4 Å². The Balaban J connectivity index is 1.48. The van der Waals surface area contributed by atoms with Crippen LogP contribution in [0.4, 0.5) is 0 Å². The summed E-state index contributed by atoms with van der Waals surface area (Å²) in [5.41, 5.74) is 1.65. The van der Waals surface area contributed by atoms with Gasteiger partial charge >= 0.3 is 0 Å². The number of nitrogens with zero attached hydrogens (tertiary/aromatic N) is 5. The summed E-state index contributed by atoms with van der Waals surface area (Å²) in [4.78, 5) is 50.3. The Morgan fingerprint density at radius 2 is 1.74 bits per heavy atom. The van der Waals surface area contributed by atoms with E-state index in [1.165, 1.54) is 27.8 Å². The second-order valence-corrected chi connectivity index (χ2v) is 9.53. The number of aryl methyl sites for hydroxylation is 1. The van der Waals surface area contributed by atoms with Gasteiger partial charge in [0.2, 0.25) is 5.91 Å². The Bertz CT molecular complexity index is 1220. The van der Waals surface area contributed by atoms with Gasteiger partial charge in [-0.3, -0.25) is 23.9 Å². The van der Waals surface area contributed by atoms with Crippen molar-refractivity contribution in [1.29, 1.82) is 0 Å². The van der Waals surface area contributed by atoms with E-state index in [-0.39, 0.29) is 23.9 Å². The summed E-state index contributed by atoms with van der Waals surface area (Å²) >= 11 is 1.26. The van der Waals surface area contributed by atoms with Crippen LogP contribution in [-0.4, -0.2) is 75.3 Å². The molecule has 0 radical (unpaired) electrons. The third-order valence-electron chi connectivity index (χ3n) is 6.44. The van der Waals surface area contributed by atoms with Crippen molar-refractivity contribution in [2.24, 2.45) is 0 Å². The van der Waals surface area contributed by atoms with Gasteiger partial charge in [-0.05, 0) is 31.9 Å². The van der Waals surface area contributed by atoms with Gasteiger partial charge in [-0.1, -0.05) is 30.3 Å². The van der Waals surface area contributed by atoms with E-state index in [2.05, 4.69) is 22.0 Å². The van der Waals surface area contributed by atoms with Crippen molar-refractivity contribution in [3.05, 3.63) is 63.0 Å². The van der Waals surface area contributed by atoms with Crippen molar-refractivity contribution >= 4 is 33.4 Å². The number of piperazine rings is 1. The molecule has 0 bridgehead atoms. The van der Waals surface area contributed by atoms with Crippen molar-refractivity contribution < 1.29 is 9.59 Å². The van der Waals surface area contributed by atoms with Gasteiger partial charge in [0.25, 0.3) is 11.5 Å². The van der Waals surface area contributed by atoms with Crippen LogP contribution in [0, 0.1) is 6.92 Å². The van der Waals surface area contributed by atoms with Crippen molar-refractivity contribution in [1.82, 2.24) is 24.3 Å². The first kappa shape index (κ1) is 24.1. The van der Waals surface area contributed by atoms with Gasteiger partial charge in [0.15, 0.2) is 0 Å². The standard InChI is InChI=1S/C25H31N5O3S/c1-4-28(5-2)20(31)16-30-17-26-23-21(24(30)32)18(3)22(34-23)25(33)29-13-11-27(12-14-29)15-19-9-7-6-8-10-19/h6-10,17H,4-5,11-16H2,1-3H3. The second-order valence-electron chi connectivity index (χ2n) is 8.53. The Morgan fingerprint density at radius 1 is 1.06 bits per heavy atom. The zero-order chi connectivity index (χ0) is 24.2. The minimum absolute atomic E-state index is 0.0502. The molecule has 0 atom stereocenters. The number of amides is 2. The number of carbonyl (C=O) groups is 2. The highest BCUT2D eigenvalue weighted by atomic mass is 32.1. The molecule has 0 unspecified atom stereocenters. The molecule has 4 rings (SSSR count). The van der Waals surface area contributed by atoms with Gasteiger partial charge in [0.1, 0.15) is 11.4 Å². The SMILES string of the molecule is CCN(CC)C(=O)Cn1cnc2sc(C(=O)N3CCN(Cc4ccccc4)CC3)c(C)c2c1=O. The van der Waals surface area contributed by atoms with E-state index < -0.39 is 0 Å². The molecule has 2 amide bonds. The maximum Gasteiger partial charge on any atom is 0.264 e. The molecule has 1 saturated heterocycles. The van der Waals surface area contributed by atoms with Crippen LogP contribution in [0.5, 0.6) is 0 Å². The first-order valence-corrected chi connectivity index (χ1v) is 12.6. The second kappa shape index (κ2) is 10.5. The van der Waals surface area contributed by atoms with E-state index in [4.69, 9.17) is 0 Å². The summed E-state index contributed by atoms with van der Waals surface area (Å²) < 4.78 is 1.35. The lowest BCUT2D eigenvalue weighted by atomic mass is 10.1. The molecule has 9 heteroatoms. The van der Waals surface area contributed by atoms with Crippen LogP contribution in [0.2, 0.25) is 0 Å². The van der Waals surface area contributed by atoms with Crippen molar-refractivity contribution in [3.8, 4) is 0 Å². The fraction of sp³-hybridized carbons (Fsp3) is 0.440. The quantitative estimate of drug-likeness (QED) is 0.518. The van der Waals surface area contributed by atoms with Crippen LogP contribution in [-0.2, 0) is 17.9 Å². The van der Waals surface area contributed by atoms with Crippen LogP contribution in [0.3, 0.4) is 0 Å². The lowest BCUT2D eigenvalue weighted by Gasteiger charge is -2.34. The third kappa shape index (κ3) is 4.90. The minimum atomic E-state index is -0.272. The van der Waals surface area contributed by atoms with E-state index in [1.54, 1.807) is 11.8 Å². The molecule has 1 fully saturated rings. The van der Waals surface area contributed by atoms with E-state index in [0.717, 1.165) is 19.6 Å². The highest BCUT2D eigenvalue weighted by molar-refractivity contribution is 7.20. The summed E-state index contributed by atoms with van der Waals surface area (Å²) in [7, 11) is 0. The number of hydrogen-bond donors (Lipinski definition) is 0. The molecule has 8 nitrogen and oxygen atoms in total. The third-order valence-corrected chi connectivity index (χ3v) is 7.63. The molecular weight excluding hydrogens is 450 g/mol. The summed E-state index contributed by atoms with van der Waals surface area (Å²) in [6.07, 6.45) is 1.42. The van der Waals surface area contributed by atoms with Crippen LogP contribution in [0.25, 0.3) is 10.2 Å². The van der Waals surface area contributed by atoms with Crippen molar-refractivity contribution in [3.63, 3.8) is 0 Å². The highest BCUT2D eigenvalue weighted by Gasteiger charge is 2.27. The zero-order valence-corrected chi connectivity index (χ0v) is 20.8. The van der Waals surface area contributed by atoms with Gasteiger partial charge in [-0.25, -0.2) is 4.98 Å². The Kier molecular flexibility index (Phi) is 7.43. The molecule has 1 aliphatic heterocycles. The first-order valence-electron chi connectivity index (χ1n) is 11.7. The molecule has 3 aromatic rings. The van der Waals surface area contributed by atoms with Gasteiger partial charge < -0.3 is 9.80 Å². The molecule has 0 aliphatic carbocycles. The van der Waals surface area contributed by atoms with Crippen LogP contribution >= 0.6 is 11.3 Å². The smallest absolute Gasteiger partial charge is 0.264 e. The number of aromatic nitrogens is 2. The predicted molar refractivity (Wildman–Crippen MR) is 134 cm³/mol. The van der Waals surface area contributed by atoms with Crippen LogP contribution in [0.1, 0.15) is 34.6 Å². The molecule has 0 saturated carbocycles. The molecule has 0 spiro atoms. The van der Waals surface area contributed by atoms with Gasteiger partial charge in [-0.2, -0.15) is 0 Å². The Morgan fingerprint density at radius 3 is 2.38 bits per heavy atom. The maximum atomic E-state index is 13.3. The average molecular weight is 482 g/mol. The van der Waals surface area contributed by atoms with Crippen molar-refractivity contribution in [2.45, 2.75) is 33.9 Å². The lowest BCUT2D eigenvalue weighted by molar-refractivity contribution is -0.131. The van der Waals surface area contributed by atoms with Gasteiger partial charge in [0.05, 0.1) is 16.6 Å². The summed E-state index contributed by atoms with van der Waals surface area (Å²) in [5, 5.41) is 0.436. The fourth-order valence-corrected chi connectivity index (χ4v) is 5.50. The lowest BCUT2D eigenvalue weighted by Crippen LogP contribution is -2.48. The van der Waals surface area contributed by atoms with Crippen LogP contribution in [0.15, 0.2) is 41.5 Å². The maximum absolute atomic E-state index is 13.3. The minimum Gasteiger partial charge on any atom is -0.342 e. The van der Waals surface area contributed by atoms with E-state index in [1.807, 2.05) is 36.9 Å². The number of thiophene rings is 1. The largest absolute Gasteiger partial charge is 0.342 e. The topological polar surface area (TPSA) is 78.8 Å². The predicted octanol–water partition coefficient (Wildman–Crippen LogP) is 2.59. The monoisotopic (exact) mass is 481 g/mol. The summed E-state index contributed by atoms with van der Waals surface area (Å²) in [6.45, 7) is 10.5. The first-order chi connectivity index (χ1) is 16.4. The van der Waals surface area contributed by atoms with Gasteiger partial charge in [-0.15, -0.1) is 11.3 Å². The molecule has 1 aliphatic rings. The Hall–Kier alpha value is -3.04. The molecule has 34 heavy (non-hydrogen) atoms. The number of likely N-dealkylation sites (N-methyl/N-ethyl adjacent to an activating group) is 1. The number of rotatable bonds is 7. The van der Waals surface area contributed by atoms with Crippen molar-refractivity contribution in [2.75, 3.05) is 39.3 Å². The summed E-state index contributed by atoms with van der Waals surface area (Å²) in [6, 6.07) is 10.3. The molecule has 0 N–H and O–H groups in total. The van der Waals surface area contributed by atoms with E-state index >= 15 is 0 Å². The molecule has 2 aromatic heterocycles. The van der Waals surface area contributed by atoms with E-state index in [0.29, 0.717) is 46.8 Å². The molecule has 180 valence electrons. The molecule has 3 heterocycles. The van der Waals surface area contributed by atoms with Gasteiger partial charge in [0, 0.05) is 45.8 Å². The van der Waals surface area contributed by atoms with Crippen LogP contribution < -0.4 is 5.56 Å². The highest BCUT2D eigenvalue weighted by Crippen LogP contribution is 2.28. The zero-order valence-electron chi connectivity index (χ0n) is 20.0. The fourth-order valence-electron chi connectivity index (χ4n) is 4.39. The molecule has 1 aromatic carbocycles.